The summed E-state index contributed by atoms with van der Waals surface area (Å²) in [5.74, 6) is 1.09. The predicted octanol–water partition coefficient (Wildman–Crippen LogP) is -1.03. The summed E-state index contributed by atoms with van der Waals surface area (Å²) in [6, 6.07) is -0.0781. The lowest BCUT2D eigenvalue weighted by Gasteiger charge is -2.21. The van der Waals surface area contributed by atoms with E-state index in [4.69, 9.17) is 5.73 Å². The average Bonchev–Trinajstić information content (AvgIpc) is 2.34. The smallest absolute Gasteiger partial charge is 0.195 e. The van der Waals surface area contributed by atoms with Gasteiger partial charge in [0.1, 0.15) is 23.6 Å². The number of hydrogen-bond acceptors (Lipinski definition) is 6. The molecule has 11 heavy (non-hydrogen) atoms. The summed E-state index contributed by atoms with van der Waals surface area (Å²) >= 11 is 4.19. The van der Waals surface area contributed by atoms with Crippen LogP contribution < -0.4 is 11.1 Å². The van der Waals surface area contributed by atoms with Gasteiger partial charge in [-0.1, -0.05) is 0 Å². The van der Waals surface area contributed by atoms with E-state index < -0.39 is 0 Å². The van der Waals surface area contributed by atoms with Crippen molar-refractivity contribution in [3.8, 4) is 0 Å². The van der Waals surface area contributed by atoms with Crippen molar-refractivity contribution in [2.45, 2.75) is 11.4 Å². The van der Waals surface area contributed by atoms with Crippen LogP contribution in [0.1, 0.15) is 0 Å². The second-order valence-electron chi connectivity index (χ2n) is 2.28. The Morgan fingerprint density at radius 3 is 3.27 bits per heavy atom. The molecule has 0 spiro atoms. The van der Waals surface area contributed by atoms with Crippen LogP contribution in [0.3, 0.4) is 0 Å². The number of amidine groups is 1. The van der Waals surface area contributed by atoms with Crippen LogP contribution in [0.2, 0.25) is 0 Å². The third-order valence-corrected chi connectivity index (χ3v) is 1.91. The van der Waals surface area contributed by atoms with E-state index in [-0.39, 0.29) is 11.4 Å². The van der Waals surface area contributed by atoms with Gasteiger partial charge >= 0.3 is 0 Å². The first kappa shape index (κ1) is 6.66. The average molecular weight is 169 g/mol. The molecule has 0 aromatic carbocycles. The maximum Gasteiger partial charge on any atom is 0.195 e. The summed E-state index contributed by atoms with van der Waals surface area (Å²) in [4.78, 5) is 12.0. The zero-order chi connectivity index (χ0) is 7.84. The summed E-state index contributed by atoms with van der Waals surface area (Å²) in [5.41, 5.74) is 5.43. The quantitative estimate of drug-likeness (QED) is 0.405. The molecule has 0 radical (unpaired) electrons. The SMILES string of the molecule is NC1=NC(S)C2N=CN=C2N1. The maximum atomic E-state index is 5.43. The Kier molecular flexibility index (Phi) is 1.35. The number of aliphatic imine (C=N–C) groups is 3. The van der Waals surface area contributed by atoms with Crippen LogP contribution in [0.15, 0.2) is 15.0 Å². The first-order valence-corrected chi connectivity index (χ1v) is 3.67. The van der Waals surface area contributed by atoms with Gasteiger partial charge in [-0.25, -0.2) is 9.98 Å². The largest absolute Gasteiger partial charge is 0.370 e. The highest BCUT2D eigenvalue weighted by atomic mass is 32.1. The van der Waals surface area contributed by atoms with Crippen molar-refractivity contribution in [2.75, 3.05) is 0 Å². The van der Waals surface area contributed by atoms with Crippen LogP contribution >= 0.6 is 12.6 Å². The number of hydrogen-bond donors (Lipinski definition) is 3. The van der Waals surface area contributed by atoms with E-state index in [2.05, 4.69) is 32.9 Å². The highest BCUT2D eigenvalue weighted by Gasteiger charge is 2.29. The molecule has 58 valence electrons. The first-order valence-electron chi connectivity index (χ1n) is 3.15. The van der Waals surface area contributed by atoms with E-state index in [1.165, 1.54) is 6.34 Å². The van der Waals surface area contributed by atoms with Crippen molar-refractivity contribution in [2.24, 2.45) is 20.7 Å². The van der Waals surface area contributed by atoms with Crippen LogP contribution in [-0.2, 0) is 0 Å². The molecule has 0 aliphatic carbocycles. The fourth-order valence-electron chi connectivity index (χ4n) is 1.02. The van der Waals surface area contributed by atoms with Crippen LogP contribution in [-0.4, -0.2) is 29.5 Å². The van der Waals surface area contributed by atoms with Crippen molar-refractivity contribution in [1.82, 2.24) is 5.32 Å². The molecule has 0 aromatic rings. The molecule has 2 unspecified atom stereocenters. The van der Waals surface area contributed by atoms with Gasteiger partial charge < -0.3 is 11.1 Å². The number of fused-ring (bicyclic) bond motifs is 1. The molecule has 0 amide bonds. The van der Waals surface area contributed by atoms with Crippen molar-refractivity contribution in [3.05, 3.63) is 0 Å². The summed E-state index contributed by atoms with van der Waals surface area (Å²) in [5, 5.41) is 2.61. The molecule has 0 bridgehead atoms. The Morgan fingerprint density at radius 1 is 1.64 bits per heavy atom. The molecular formula is C5H7N5S. The second kappa shape index (κ2) is 2.23. The third kappa shape index (κ3) is 0.988. The minimum Gasteiger partial charge on any atom is -0.370 e. The fraction of sp³-hybridized carbons (Fsp3) is 0.400. The molecule has 0 aromatic heterocycles. The molecule has 0 saturated heterocycles. The topological polar surface area (TPSA) is 75.1 Å². The van der Waals surface area contributed by atoms with E-state index in [0.717, 1.165) is 5.84 Å². The summed E-state index contributed by atoms with van der Waals surface area (Å²) in [6.07, 6.45) is 1.49. The fourth-order valence-corrected chi connectivity index (χ4v) is 1.36. The number of nitrogens with two attached hydrogens (primary N) is 1. The number of nitrogens with one attached hydrogen (secondary N) is 1. The molecule has 2 heterocycles. The number of guanidine groups is 1. The predicted molar refractivity (Wildman–Crippen MR) is 47.2 cm³/mol. The number of thiol groups is 1. The molecule has 6 heteroatoms. The van der Waals surface area contributed by atoms with Crippen LogP contribution in [0.5, 0.6) is 0 Å². The van der Waals surface area contributed by atoms with Gasteiger partial charge in [0.2, 0.25) is 0 Å². The van der Waals surface area contributed by atoms with Gasteiger partial charge in [0, 0.05) is 0 Å². The molecular weight excluding hydrogens is 162 g/mol. The molecule has 5 nitrogen and oxygen atoms in total. The summed E-state index contributed by atoms with van der Waals surface area (Å²) < 4.78 is 0. The molecule has 2 aliphatic rings. The zero-order valence-corrected chi connectivity index (χ0v) is 6.49. The highest BCUT2D eigenvalue weighted by molar-refractivity contribution is 7.81. The van der Waals surface area contributed by atoms with Crippen LogP contribution in [0.4, 0.5) is 0 Å². The van der Waals surface area contributed by atoms with E-state index >= 15 is 0 Å². The van der Waals surface area contributed by atoms with E-state index in [1.54, 1.807) is 0 Å². The molecule has 2 aliphatic heterocycles. The lowest BCUT2D eigenvalue weighted by molar-refractivity contribution is 0.788. The van der Waals surface area contributed by atoms with Crippen molar-refractivity contribution in [3.63, 3.8) is 0 Å². The minimum absolute atomic E-state index is 0.0781. The Labute approximate surface area is 68.9 Å². The third-order valence-electron chi connectivity index (χ3n) is 1.51. The van der Waals surface area contributed by atoms with Gasteiger partial charge in [-0.15, -0.1) is 12.6 Å². The lowest BCUT2D eigenvalue weighted by Crippen LogP contribution is -2.49. The Hall–Kier alpha value is -1.04. The van der Waals surface area contributed by atoms with Gasteiger partial charge in [-0.05, 0) is 0 Å². The standard InChI is InChI=1S/C5H7N5S/c6-5-9-3-2(4(11)10-5)7-1-8-3/h1-2,4,11H,(H3,6,7,8,9,10). The normalized spacial score (nSPS) is 33.9. The van der Waals surface area contributed by atoms with Crippen molar-refractivity contribution in [1.29, 1.82) is 0 Å². The zero-order valence-electron chi connectivity index (χ0n) is 5.60. The van der Waals surface area contributed by atoms with Gasteiger partial charge in [-0.3, -0.25) is 4.99 Å². The molecule has 0 fully saturated rings. The minimum atomic E-state index is -0.200. The maximum absolute atomic E-state index is 5.43. The summed E-state index contributed by atoms with van der Waals surface area (Å²) in [6.45, 7) is 0. The van der Waals surface area contributed by atoms with E-state index in [9.17, 15) is 0 Å². The van der Waals surface area contributed by atoms with Gasteiger partial charge in [0.05, 0.1) is 0 Å². The summed E-state index contributed by atoms with van der Waals surface area (Å²) in [7, 11) is 0. The first-order chi connectivity index (χ1) is 5.27. The number of rotatable bonds is 0. The molecule has 2 atom stereocenters. The van der Waals surface area contributed by atoms with Gasteiger partial charge in [0.25, 0.3) is 0 Å². The monoisotopic (exact) mass is 169 g/mol. The Bertz CT molecular complexity index is 268. The number of nitrogens with zero attached hydrogens (tertiary/aromatic N) is 3. The highest BCUT2D eigenvalue weighted by Crippen LogP contribution is 2.14. The van der Waals surface area contributed by atoms with E-state index in [0.29, 0.717) is 5.96 Å². The van der Waals surface area contributed by atoms with E-state index in [1.807, 2.05) is 0 Å². The Morgan fingerprint density at radius 2 is 2.45 bits per heavy atom. The Balaban J connectivity index is 2.32. The van der Waals surface area contributed by atoms with Crippen LogP contribution in [0.25, 0.3) is 0 Å². The van der Waals surface area contributed by atoms with Gasteiger partial charge in [-0.2, -0.15) is 0 Å². The van der Waals surface area contributed by atoms with Crippen LogP contribution in [0, 0.1) is 0 Å². The van der Waals surface area contributed by atoms with Crippen molar-refractivity contribution >= 4 is 30.8 Å². The van der Waals surface area contributed by atoms with Gasteiger partial charge in [0.15, 0.2) is 5.96 Å². The lowest BCUT2D eigenvalue weighted by atomic mass is 10.2. The van der Waals surface area contributed by atoms with Crippen molar-refractivity contribution < 1.29 is 0 Å². The molecule has 0 saturated carbocycles. The second-order valence-corrected chi connectivity index (χ2v) is 2.81. The molecule has 3 N–H and O–H groups in total. The molecule has 2 rings (SSSR count).